The molecule has 0 amide bonds. The van der Waals surface area contributed by atoms with Crippen LogP contribution in [0.3, 0.4) is 0 Å². The van der Waals surface area contributed by atoms with Gasteiger partial charge in [0.1, 0.15) is 11.9 Å². The Morgan fingerprint density at radius 1 is 1.37 bits per heavy atom. The summed E-state index contributed by atoms with van der Waals surface area (Å²) in [6.07, 6.45) is 5.08. The normalized spacial score (nSPS) is 36.2. The SMILES string of the molecule is CCC1CCCC2(CC1)CC(=O)OC2CS(=O)(=O)F. The lowest BCUT2D eigenvalue weighted by Gasteiger charge is -2.30. The van der Waals surface area contributed by atoms with Crippen LogP contribution in [-0.4, -0.2) is 26.2 Å². The first-order chi connectivity index (χ1) is 8.85. The van der Waals surface area contributed by atoms with Gasteiger partial charge in [0, 0.05) is 5.41 Å². The topological polar surface area (TPSA) is 60.4 Å². The highest BCUT2D eigenvalue weighted by atomic mass is 32.3. The van der Waals surface area contributed by atoms with Gasteiger partial charge < -0.3 is 4.74 Å². The summed E-state index contributed by atoms with van der Waals surface area (Å²) in [7, 11) is -4.61. The lowest BCUT2D eigenvalue weighted by atomic mass is 9.75. The molecular formula is C13H21FO4S. The van der Waals surface area contributed by atoms with Crippen LogP contribution in [-0.2, 0) is 19.8 Å². The lowest BCUT2D eigenvalue weighted by Crippen LogP contribution is -2.35. The summed E-state index contributed by atoms with van der Waals surface area (Å²) >= 11 is 0. The first kappa shape index (κ1) is 14.8. The molecule has 0 aromatic carbocycles. The van der Waals surface area contributed by atoms with Crippen molar-refractivity contribution in [2.24, 2.45) is 11.3 Å². The van der Waals surface area contributed by atoms with E-state index in [0.29, 0.717) is 5.92 Å². The van der Waals surface area contributed by atoms with Gasteiger partial charge in [-0.1, -0.05) is 26.2 Å². The van der Waals surface area contributed by atoms with E-state index in [4.69, 9.17) is 4.74 Å². The minimum Gasteiger partial charge on any atom is -0.461 e. The summed E-state index contributed by atoms with van der Waals surface area (Å²) in [5.41, 5.74) is -0.458. The maximum atomic E-state index is 12.9. The third-order valence-corrected chi connectivity index (χ3v) is 5.42. The van der Waals surface area contributed by atoms with Gasteiger partial charge in [0.25, 0.3) is 0 Å². The zero-order chi connectivity index (χ0) is 14.1. The Morgan fingerprint density at radius 2 is 2.11 bits per heavy atom. The maximum Gasteiger partial charge on any atom is 0.306 e. The van der Waals surface area contributed by atoms with Crippen LogP contribution in [0.2, 0.25) is 0 Å². The highest BCUT2D eigenvalue weighted by Crippen LogP contribution is 2.48. The fraction of sp³-hybridized carbons (Fsp3) is 0.923. The zero-order valence-electron chi connectivity index (χ0n) is 11.2. The molecule has 0 aromatic rings. The molecule has 1 spiro atoms. The third-order valence-electron chi connectivity index (χ3n) is 4.72. The third kappa shape index (κ3) is 3.46. The number of carbonyl (C=O) groups excluding carboxylic acids is 1. The van der Waals surface area contributed by atoms with Crippen molar-refractivity contribution in [1.29, 1.82) is 0 Å². The van der Waals surface area contributed by atoms with Gasteiger partial charge in [0.2, 0.25) is 0 Å². The van der Waals surface area contributed by atoms with Gasteiger partial charge in [-0.05, 0) is 25.2 Å². The second kappa shape index (κ2) is 5.38. The highest BCUT2D eigenvalue weighted by Gasteiger charge is 2.50. The Kier molecular flexibility index (Phi) is 4.18. The first-order valence-electron chi connectivity index (χ1n) is 6.96. The predicted octanol–water partition coefficient (Wildman–Crippen LogP) is 2.58. The zero-order valence-corrected chi connectivity index (χ0v) is 12.0. The Hall–Kier alpha value is -0.650. The fourth-order valence-electron chi connectivity index (χ4n) is 3.53. The van der Waals surface area contributed by atoms with E-state index in [1.807, 2.05) is 0 Å². The monoisotopic (exact) mass is 292 g/mol. The molecule has 3 unspecified atom stereocenters. The van der Waals surface area contributed by atoms with Crippen molar-refractivity contribution in [3.8, 4) is 0 Å². The molecule has 0 bridgehead atoms. The number of ether oxygens (including phenoxy) is 1. The summed E-state index contributed by atoms with van der Waals surface area (Å²) in [5.74, 6) is -0.448. The molecule has 2 fully saturated rings. The highest BCUT2D eigenvalue weighted by molar-refractivity contribution is 7.86. The largest absolute Gasteiger partial charge is 0.461 e. The van der Waals surface area contributed by atoms with E-state index in [2.05, 4.69) is 6.92 Å². The average Bonchev–Trinajstić information content (AvgIpc) is 2.48. The van der Waals surface area contributed by atoms with Crippen molar-refractivity contribution in [1.82, 2.24) is 0 Å². The molecule has 0 N–H and O–H groups in total. The fourth-order valence-corrected chi connectivity index (χ4v) is 4.31. The van der Waals surface area contributed by atoms with Crippen LogP contribution in [0, 0.1) is 11.3 Å². The lowest BCUT2D eigenvalue weighted by molar-refractivity contribution is -0.141. The molecule has 1 saturated heterocycles. The molecule has 0 aromatic heterocycles. The molecule has 1 heterocycles. The van der Waals surface area contributed by atoms with Crippen LogP contribution in [0.1, 0.15) is 51.9 Å². The molecule has 0 radical (unpaired) electrons. The van der Waals surface area contributed by atoms with E-state index in [-0.39, 0.29) is 12.4 Å². The molecule has 6 heteroatoms. The van der Waals surface area contributed by atoms with Gasteiger partial charge in [0.05, 0.1) is 6.42 Å². The number of carbonyl (C=O) groups is 1. The average molecular weight is 292 g/mol. The molecule has 2 rings (SSSR count). The Balaban J connectivity index is 2.16. The number of rotatable bonds is 3. The molecule has 2 aliphatic rings. The number of esters is 1. The standard InChI is InChI=1S/C13H21FO4S/c1-2-10-4-3-6-13(7-5-10)8-12(15)18-11(13)9-19(14,16)17/h10-11H,2-9H2,1H3. The summed E-state index contributed by atoms with van der Waals surface area (Å²) in [6.45, 7) is 2.14. The van der Waals surface area contributed by atoms with Crippen molar-refractivity contribution in [3.63, 3.8) is 0 Å². The van der Waals surface area contributed by atoms with Crippen molar-refractivity contribution >= 4 is 16.2 Å². The minimum atomic E-state index is -4.61. The van der Waals surface area contributed by atoms with E-state index in [1.165, 1.54) is 0 Å². The van der Waals surface area contributed by atoms with Gasteiger partial charge in [-0.3, -0.25) is 4.79 Å². The van der Waals surface area contributed by atoms with E-state index >= 15 is 0 Å². The van der Waals surface area contributed by atoms with Gasteiger partial charge in [0.15, 0.2) is 0 Å². The van der Waals surface area contributed by atoms with Crippen molar-refractivity contribution < 1.29 is 21.8 Å². The quantitative estimate of drug-likeness (QED) is 0.592. The number of cyclic esters (lactones) is 1. The van der Waals surface area contributed by atoms with Gasteiger partial charge in [-0.2, -0.15) is 8.42 Å². The second-order valence-corrected chi connectivity index (χ2v) is 7.34. The Morgan fingerprint density at radius 3 is 2.74 bits per heavy atom. The van der Waals surface area contributed by atoms with E-state index < -0.39 is 27.5 Å². The number of halogens is 1. The molecule has 19 heavy (non-hydrogen) atoms. The van der Waals surface area contributed by atoms with E-state index in [9.17, 15) is 17.1 Å². The summed E-state index contributed by atoms with van der Waals surface area (Å²) in [5, 5.41) is 0. The van der Waals surface area contributed by atoms with Gasteiger partial charge >= 0.3 is 16.2 Å². The van der Waals surface area contributed by atoms with Crippen LogP contribution in [0.5, 0.6) is 0 Å². The minimum absolute atomic E-state index is 0.240. The summed E-state index contributed by atoms with van der Waals surface area (Å²) in [4.78, 5) is 11.5. The Labute approximate surface area is 113 Å². The van der Waals surface area contributed by atoms with Crippen LogP contribution in [0.25, 0.3) is 0 Å². The predicted molar refractivity (Wildman–Crippen MR) is 68.7 cm³/mol. The van der Waals surface area contributed by atoms with Crippen molar-refractivity contribution in [3.05, 3.63) is 0 Å². The molecule has 4 nitrogen and oxygen atoms in total. The molecule has 1 aliphatic heterocycles. The smallest absolute Gasteiger partial charge is 0.306 e. The van der Waals surface area contributed by atoms with Gasteiger partial charge in [-0.25, -0.2) is 0 Å². The molecule has 110 valence electrons. The molecular weight excluding hydrogens is 271 g/mol. The van der Waals surface area contributed by atoms with E-state index in [0.717, 1.165) is 38.5 Å². The van der Waals surface area contributed by atoms with Crippen LogP contribution < -0.4 is 0 Å². The number of hydrogen-bond donors (Lipinski definition) is 0. The molecule has 3 atom stereocenters. The van der Waals surface area contributed by atoms with Crippen molar-refractivity contribution in [2.75, 3.05) is 5.75 Å². The maximum absolute atomic E-state index is 12.9. The van der Waals surface area contributed by atoms with E-state index in [1.54, 1.807) is 0 Å². The van der Waals surface area contributed by atoms with Crippen LogP contribution in [0.15, 0.2) is 0 Å². The molecule has 1 saturated carbocycles. The van der Waals surface area contributed by atoms with Crippen molar-refractivity contribution in [2.45, 2.75) is 58.0 Å². The Bertz CT molecular complexity index is 448. The molecule has 1 aliphatic carbocycles. The van der Waals surface area contributed by atoms with Crippen LogP contribution in [0.4, 0.5) is 3.89 Å². The summed E-state index contributed by atoms with van der Waals surface area (Å²) in [6, 6.07) is 0. The number of hydrogen-bond acceptors (Lipinski definition) is 4. The second-order valence-electron chi connectivity index (χ2n) is 5.93. The van der Waals surface area contributed by atoms with Gasteiger partial charge in [-0.15, -0.1) is 3.89 Å². The first-order valence-corrected chi connectivity index (χ1v) is 8.52. The summed E-state index contributed by atoms with van der Waals surface area (Å²) < 4.78 is 39.8. The van der Waals surface area contributed by atoms with Crippen LogP contribution >= 0.6 is 0 Å².